The van der Waals surface area contributed by atoms with Crippen LogP contribution >= 0.6 is 11.8 Å². The van der Waals surface area contributed by atoms with E-state index in [0.717, 1.165) is 28.7 Å². The first-order valence-corrected chi connectivity index (χ1v) is 12.2. The summed E-state index contributed by atoms with van der Waals surface area (Å²) >= 11 is 1.47. The smallest absolute Gasteiger partial charge is 0.407 e. The molecule has 1 saturated heterocycles. The first-order chi connectivity index (χ1) is 15.9. The molecule has 174 valence electrons. The lowest BCUT2D eigenvalue weighted by molar-refractivity contribution is -0.149. The average Bonchev–Trinajstić information content (AvgIpc) is 3.37. The summed E-state index contributed by atoms with van der Waals surface area (Å²) in [6.45, 7) is 3.71. The number of nitrogens with zero attached hydrogens (tertiary/aromatic N) is 1. The number of ether oxygens (including phenoxy) is 1. The molecular formula is C25H28N2O5S. The van der Waals surface area contributed by atoms with Crippen LogP contribution in [0.1, 0.15) is 43.7 Å². The number of carboxylic acids is 1. The van der Waals surface area contributed by atoms with Gasteiger partial charge in [0.25, 0.3) is 0 Å². The molecule has 8 heteroatoms. The molecule has 2 amide bonds. The number of carbonyl (C=O) groups is 3. The molecule has 1 aliphatic heterocycles. The number of carboxylic acid groups (broad SMARTS) is 1. The van der Waals surface area contributed by atoms with Crippen molar-refractivity contribution < 1.29 is 24.2 Å². The third-order valence-electron chi connectivity index (χ3n) is 6.22. The highest BCUT2D eigenvalue weighted by Gasteiger charge is 2.42. The summed E-state index contributed by atoms with van der Waals surface area (Å²) in [5.41, 5.74) is 4.49. The van der Waals surface area contributed by atoms with Crippen LogP contribution in [-0.2, 0) is 14.3 Å². The lowest BCUT2D eigenvalue weighted by atomic mass is 9.98. The normalized spacial score (nSPS) is 20.1. The van der Waals surface area contributed by atoms with Crippen LogP contribution in [-0.4, -0.2) is 57.8 Å². The van der Waals surface area contributed by atoms with Gasteiger partial charge in [-0.2, -0.15) is 0 Å². The molecule has 0 spiro atoms. The number of alkyl carbamates (subject to hydrolysis) is 1. The Morgan fingerprint density at radius 1 is 1.12 bits per heavy atom. The number of fused-ring (bicyclic) bond motifs is 3. The van der Waals surface area contributed by atoms with Gasteiger partial charge >= 0.3 is 12.1 Å². The molecular weight excluding hydrogens is 440 g/mol. The van der Waals surface area contributed by atoms with Crippen molar-refractivity contribution in [3.8, 4) is 11.1 Å². The minimum absolute atomic E-state index is 0.0746. The minimum atomic E-state index is -1.03. The summed E-state index contributed by atoms with van der Waals surface area (Å²) in [7, 11) is 0. The molecule has 2 unspecified atom stereocenters. The van der Waals surface area contributed by atoms with Gasteiger partial charge < -0.3 is 20.1 Å². The van der Waals surface area contributed by atoms with Crippen molar-refractivity contribution in [2.45, 2.75) is 50.1 Å². The molecule has 2 aliphatic rings. The van der Waals surface area contributed by atoms with Gasteiger partial charge in [-0.05, 0) is 35.6 Å². The average molecular weight is 469 g/mol. The third-order valence-corrected chi connectivity index (χ3v) is 7.57. The van der Waals surface area contributed by atoms with Crippen LogP contribution in [0.3, 0.4) is 0 Å². The van der Waals surface area contributed by atoms with Gasteiger partial charge in [-0.25, -0.2) is 9.59 Å². The monoisotopic (exact) mass is 468 g/mol. The van der Waals surface area contributed by atoms with E-state index < -0.39 is 30.1 Å². The molecule has 2 aromatic carbocycles. The van der Waals surface area contributed by atoms with Crippen LogP contribution in [0.25, 0.3) is 11.1 Å². The highest BCUT2D eigenvalue weighted by atomic mass is 32.2. The quantitative estimate of drug-likeness (QED) is 0.636. The molecule has 3 atom stereocenters. The second-order valence-electron chi connectivity index (χ2n) is 8.37. The van der Waals surface area contributed by atoms with Crippen LogP contribution < -0.4 is 5.32 Å². The van der Waals surface area contributed by atoms with Crippen molar-refractivity contribution >= 4 is 29.7 Å². The molecule has 33 heavy (non-hydrogen) atoms. The summed E-state index contributed by atoms with van der Waals surface area (Å²) < 4.78 is 5.53. The lowest BCUT2D eigenvalue weighted by Gasteiger charge is -2.30. The first kappa shape index (κ1) is 23.2. The Morgan fingerprint density at radius 3 is 2.30 bits per heavy atom. The standard InChI is InChI=1S/C25H28N2O5S/c1-3-8-22-27(21(14-33-22)24(29)30)23(28)15(2)26-25(31)32-13-20-18-11-6-4-9-16(18)17-10-5-7-12-19(17)20/h4-7,9-12,15,20-22H,3,8,13-14H2,1-2H3,(H,26,31)(H,29,30)/t15-,21?,22?/m0/s1. The predicted molar refractivity (Wildman–Crippen MR) is 127 cm³/mol. The van der Waals surface area contributed by atoms with Crippen molar-refractivity contribution in [2.75, 3.05) is 12.4 Å². The topological polar surface area (TPSA) is 95.9 Å². The Kier molecular flexibility index (Phi) is 6.93. The summed E-state index contributed by atoms with van der Waals surface area (Å²) in [5.74, 6) is -1.15. The van der Waals surface area contributed by atoms with E-state index in [1.165, 1.54) is 16.7 Å². The van der Waals surface area contributed by atoms with Gasteiger partial charge in [0.2, 0.25) is 5.91 Å². The number of hydrogen-bond donors (Lipinski definition) is 2. The zero-order valence-corrected chi connectivity index (χ0v) is 19.5. The summed E-state index contributed by atoms with van der Waals surface area (Å²) in [6.07, 6.45) is 0.850. The Bertz CT molecular complexity index is 1010. The molecule has 0 aromatic heterocycles. The van der Waals surface area contributed by atoms with E-state index in [9.17, 15) is 19.5 Å². The molecule has 0 saturated carbocycles. The van der Waals surface area contributed by atoms with E-state index in [0.29, 0.717) is 12.2 Å². The number of rotatable bonds is 7. The SMILES string of the molecule is CCCC1SCC(C(=O)O)N1C(=O)[C@H](C)NC(=O)OCC1c2ccccc2-c2ccccc21. The maximum Gasteiger partial charge on any atom is 0.407 e. The van der Waals surface area contributed by atoms with E-state index in [4.69, 9.17) is 4.74 Å². The summed E-state index contributed by atoms with van der Waals surface area (Å²) in [5, 5.41) is 11.9. The van der Waals surface area contributed by atoms with E-state index in [-0.39, 0.29) is 17.9 Å². The van der Waals surface area contributed by atoms with Crippen LogP contribution in [0.4, 0.5) is 4.79 Å². The molecule has 2 N–H and O–H groups in total. The van der Waals surface area contributed by atoms with Crippen molar-refractivity contribution in [1.82, 2.24) is 10.2 Å². The summed E-state index contributed by atoms with van der Waals surface area (Å²) in [4.78, 5) is 38.6. The zero-order valence-electron chi connectivity index (χ0n) is 18.7. The zero-order chi connectivity index (χ0) is 23.5. The molecule has 0 radical (unpaired) electrons. The molecule has 1 fully saturated rings. The number of thioether (sulfide) groups is 1. The third kappa shape index (κ3) is 4.57. The molecule has 1 aliphatic carbocycles. The number of hydrogen-bond acceptors (Lipinski definition) is 5. The van der Waals surface area contributed by atoms with E-state index in [2.05, 4.69) is 17.4 Å². The maximum atomic E-state index is 13.0. The number of benzene rings is 2. The van der Waals surface area contributed by atoms with Gasteiger partial charge in [0.05, 0.1) is 5.37 Å². The molecule has 1 heterocycles. The fourth-order valence-electron chi connectivity index (χ4n) is 4.62. The number of nitrogens with one attached hydrogen (secondary N) is 1. The van der Waals surface area contributed by atoms with Crippen molar-refractivity contribution in [3.05, 3.63) is 59.7 Å². The van der Waals surface area contributed by atoms with Crippen molar-refractivity contribution in [3.63, 3.8) is 0 Å². The molecule has 7 nitrogen and oxygen atoms in total. The van der Waals surface area contributed by atoms with E-state index in [1.807, 2.05) is 43.3 Å². The number of amides is 2. The van der Waals surface area contributed by atoms with E-state index >= 15 is 0 Å². The van der Waals surface area contributed by atoms with Crippen molar-refractivity contribution in [1.29, 1.82) is 0 Å². The van der Waals surface area contributed by atoms with Gasteiger partial charge in [0.15, 0.2) is 0 Å². The highest BCUT2D eigenvalue weighted by molar-refractivity contribution is 8.00. The van der Waals surface area contributed by atoms with E-state index in [1.54, 1.807) is 6.92 Å². The Morgan fingerprint density at radius 2 is 1.73 bits per heavy atom. The number of aliphatic carboxylic acids is 1. The fraction of sp³-hybridized carbons (Fsp3) is 0.400. The first-order valence-electron chi connectivity index (χ1n) is 11.2. The summed E-state index contributed by atoms with van der Waals surface area (Å²) in [6, 6.07) is 14.4. The van der Waals surface area contributed by atoms with Crippen LogP contribution in [0.2, 0.25) is 0 Å². The van der Waals surface area contributed by atoms with Gasteiger partial charge in [-0.1, -0.05) is 61.9 Å². The van der Waals surface area contributed by atoms with Gasteiger partial charge in [-0.3, -0.25) is 4.79 Å². The fourth-order valence-corrected chi connectivity index (χ4v) is 6.14. The van der Waals surface area contributed by atoms with Crippen LogP contribution in [0, 0.1) is 0 Å². The van der Waals surface area contributed by atoms with Crippen LogP contribution in [0.5, 0.6) is 0 Å². The van der Waals surface area contributed by atoms with Crippen molar-refractivity contribution in [2.24, 2.45) is 0 Å². The molecule has 0 bridgehead atoms. The van der Waals surface area contributed by atoms with Crippen LogP contribution in [0.15, 0.2) is 48.5 Å². The molecule has 4 rings (SSSR count). The maximum absolute atomic E-state index is 13.0. The van der Waals surface area contributed by atoms with Gasteiger partial charge in [-0.15, -0.1) is 11.8 Å². The largest absolute Gasteiger partial charge is 0.480 e. The minimum Gasteiger partial charge on any atom is -0.480 e. The van der Waals surface area contributed by atoms with Gasteiger partial charge in [0.1, 0.15) is 18.7 Å². The second-order valence-corrected chi connectivity index (χ2v) is 9.58. The Hall–Kier alpha value is -3.00. The second kappa shape index (κ2) is 9.87. The number of carbonyl (C=O) groups excluding carboxylic acids is 2. The Balaban J connectivity index is 1.40. The lowest BCUT2D eigenvalue weighted by Crippen LogP contribution is -2.53. The Labute approximate surface area is 197 Å². The molecule has 2 aromatic rings. The highest BCUT2D eigenvalue weighted by Crippen LogP contribution is 2.44. The predicted octanol–water partition coefficient (Wildman–Crippen LogP) is 4.07. The van der Waals surface area contributed by atoms with Gasteiger partial charge in [0, 0.05) is 11.7 Å².